The summed E-state index contributed by atoms with van der Waals surface area (Å²) in [4.78, 5) is 0. The minimum atomic E-state index is 0.492. The van der Waals surface area contributed by atoms with Gasteiger partial charge in [0, 0.05) is 6.20 Å². The Morgan fingerprint density at radius 1 is 1.64 bits per heavy atom. The summed E-state index contributed by atoms with van der Waals surface area (Å²) in [5.41, 5.74) is 6.49. The molecule has 0 radical (unpaired) electrons. The third kappa shape index (κ3) is 2.63. The van der Waals surface area contributed by atoms with E-state index in [2.05, 4.69) is 17.1 Å². The van der Waals surface area contributed by atoms with Crippen molar-refractivity contribution >= 4 is 0 Å². The minimum Gasteiger partial charge on any atom is -0.330 e. The van der Waals surface area contributed by atoms with E-state index in [1.165, 1.54) is 0 Å². The van der Waals surface area contributed by atoms with E-state index in [1.807, 2.05) is 12.1 Å². The molecule has 0 saturated carbocycles. The average molecular weight is 151 g/mol. The summed E-state index contributed by atoms with van der Waals surface area (Å²) in [6.07, 6.45) is 2.60. The van der Waals surface area contributed by atoms with Gasteiger partial charge in [0.15, 0.2) is 0 Å². The maximum Gasteiger partial charge on any atom is 0.0634 e. The van der Waals surface area contributed by atoms with Crippen LogP contribution in [-0.2, 0) is 6.42 Å². The molecule has 0 aliphatic carbocycles. The number of nitrogens with two attached hydrogens (primary N) is 1. The van der Waals surface area contributed by atoms with Crippen LogP contribution in [0.15, 0.2) is 18.3 Å². The lowest BCUT2D eigenvalue weighted by Gasteiger charge is -2.05. The van der Waals surface area contributed by atoms with Crippen LogP contribution in [0.1, 0.15) is 12.6 Å². The Bertz CT molecular complexity index is 198. The maximum absolute atomic E-state index is 5.47. The van der Waals surface area contributed by atoms with E-state index >= 15 is 0 Å². The summed E-state index contributed by atoms with van der Waals surface area (Å²) in [5, 5.41) is 7.74. The van der Waals surface area contributed by atoms with Gasteiger partial charge in [0.05, 0.1) is 5.69 Å². The second kappa shape index (κ2) is 4.03. The minimum absolute atomic E-state index is 0.492. The Kier molecular flexibility index (Phi) is 2.98. The molecule has 0 bridgehead atoms. The summed E-state index contributed by atoms with van der Waals surface area (Å²) in [6, 6.07) is 3.87. The van der Waals surface area contributed by atoms with Gasteiger partial charge in [-0.15, -0.1) is 0 Å². The van der Waals surface area contributed by atoms with Crippen LogP contribution in [0.3, 0.4) is 0 Å². The third-order valence-corrected chi connectivity index (χ3v) is 1.59. The van der Waals surface area contributed by atoms with Crippen LogP contribution in [0, 0.1) is 5.92 Å². The Balaban J connectivity index is 2.51. The molecule has 1 atom stereocenters. The molecule has 1 aromatic heterocycles. The van der Waals surface area contributed by atoms with Crippen LogP contribution in [-0.4, -0.2) is 16.7 Å². The summed E-state index contributed by atoms with van der Waals surface area (Å²) in [5.74, 6) is 0.492. The van der Waals surface area contributed by atoms with Gasteiger partial charge in [0.25, 0.3) is 0 Å². The standard InChI is InChI=1S/C8H13N3/c1-7(6-9)5-8-3-2-4-10-11-8/h2-4,7H,5-6,9H2,1H3. The van der Waals surface area contributed by atoms with Crippen LogP contribution in [0.5, 0.6) is 0 Å². The molecule has 3 heteroatoms. The van der Waals surface area contributed by atoms with Gasteiger partial charge in [-0.3, -0.25) is 0 Å². The van der Waals surface area contributed by atoms with Crippen LogP contribution >= 0.6 is 0 Å². The van der Waals surface area contributed by atoms with Crippen molar-refractivity contribution < 1.29 is 0 Å². The van der Waals surface area contributed by atoms with Crippen molar-refractivity contribution in [3.05, 3.63) is 24.0 Å². The molecule has 2 N–H and O–H groups in total. The first-order valence-corrected chi connectivity index (χ1v) is 3.79. The van der Waals surface area contributed by atoms with Crippen molar-refractivity contribution in [1.82, 2.24) is 10.2 Å². The van der Waals surface area contributed by atoms with Crippen molar-refractivity contribution in [2.75, 3.05) is 6.54 Å². The van der Waals surface area contributed by atoms with E-state index in [9.17, 15) is 0 Å². The summed E-state index contributed by atoms with van der Waals surface area (Å²) in [6.45, 7) is 2.81. The van der Waals surface area contributed by atoms with Crippen LogP contribution in [0.25, 0.3) is 0 Å². The highest BCUT2D eigenvalue weighted by Crippen LogP contribution is 2.01. The maximum atomic E-state index is 5.47. The Morgan fingerprint density at radius 2 is 2.45 bits per heavy atom. The number of nitrogens with zero attached hydrogens (tertiary/aromatic N) is 2. The number of hydrogen-bond donors (Lipinski definition) is 1. The van der Waals surface area contributed by atoms with Gasteiger partial charge in [0.2, 0.25) is 0 Å². The molecule has 0 fully saturated rings. The predicted molar refractivity (Wildman–Crippen MR) is 44.0 cm³/mol. The molecule has 0 aromatic carbocycles. The Labute approximate surface area is 66.6 Å². The highest BCUT2D eigenvalue weighted by Gasteiger charge is 2.00. The molecule has 1 rings (SSSR count). The van der Waals surface area contributed by atoms with E-state index < -0.39 is 0 Å². The van der Waals surface area contributed by atoms with Gasteiger partial charge in [-0.2, -0.15) is 10.2 Å². The highest BCUT2D eigenvalue weighted by molar-refractivity contribution is 4.99. The topological polar surface area (TPSA) is 51.8 Å². The van der Waals surface area contributed by atoms with Gasteiger partial charge >= 0.3 is 0 Å². The molecule has 0 amide bonds. The fraction of sp³-hybridized carbons (Fsp3) is 0.500. The predicted octanol–water partition coefficient (Wildman–Crippen LogP) is 0.614. The number of rotatable bonds is 3. The molecule has 1 aromatic rings. The van der Waals surface area contributed by atoms with Crippen molar-refractivity contribution in [3.63, 3.8) is 0 Å². The zero-order valence-electron chi connectivity index (χ0n) is 6.70. The van der Waals surface area contributed by atoms with Gasteiger partial charge in [-0.05, 0) is 31.0 Å². The monoisotopic (exact) mass is 151 g/mol. The molecule has 0 saturated heterocycles. The van der Waals surface area contributed by atoms with E-state index in [0.29, 0.717) is 12.5 Å². The molecule has 1 heterocycles. The molecular formula is C8H13N3. The van der Waals surface area contributed by atoms with Crippen LogP contribution in [0.4, 0.5) is 0 Å². The van der Waals surface area contributed by atoms with Crippen molar-refractivity contribution in [2.45, 2.75) is 13.3 Å². The molecule has 0 aliphatic heterocycles. The smallest absolute Gasteiger partial charge is 0.0634 e. The van der Waals surface area contributed by atoms with Crippen molar-refractivity contribution in [3.8, 4) is 0 Å². The van der Waals surface area contributed by atoms with E-state index in [4.69, 9.17) is 5.73 Å². The first kappa shape index (κ1) is 8.14. The first-order chi connectivity index (χ1) is 5.33. The van der Waals surface area contributed by atoms with Crippen molar-refractivity contribution in [1.29, 1.82) is 0 Å². The number of hydrogen-bond acceptors (Lipinski definition) is 3. The zero-order valence-corrected chi connectivity index (χ0v) is 6.70. The first-order valence-electron chi connectivity index (χ1n) is 3.79. The fourth-order valence-electron chi connectivity index (χ4n) is 0.883. The van der Waals surface area contributed by atoms with Gasteiger partial charge in [0.1, 0.15) is 0 Å². The third-order valence-electron chi connectivity index (χ3n) is 1.59. The second-order valence-electron chi connectivity index (χ2n) is 2.76. The molecule has 60 valence electrons. The van der Waals surface area contributed by atoms with E-state index in [0.717, 1.165) is 12.1 Å². The summed E-state index contributed by atoms with van der Waals surface area (Å²) >= 11 is 0. The zero-order chi connectivity index (χ0) is 8.10. The van der Waals surface area contributed by atoms with Gasteiger partial charge in [-0.1, -0.05) is 6.92 Å². The lowest BCUT2D eigenvalue weighted by atomic mass is 10.1. The van der Waals surface area contributed by atoms with Gasteiger partial charge < -0.3 is 5.73 Å². The normalized spacial score (nSPS) is 12.9. The molecule has 1 unspecified atom stereocenters. The lowest BCUT2D eigenvalue weighted by molar-refractivity contribution is 0.579. The molecule has 11 heavy (non-hydrogen) atoms. The quantitative estimate of drug-likeness (QED) is 0.688. The summed E-state index contributed by atoms with van der Waals surface area (Å²) < 4.78 is 0. The molecule has 0 spiro atoms. The Hall–Kier alpha value is -0.960. The molecule has 0 aliphatic rings. The highest BCUT2D eigenvalue weighted by atomic mass is 15.1. The molecule has 3 nitrogen and oxygen atoms in total. The van der Waals surface area contributed by atoms with Gasteiger partial charge in [-0.25, -0.2) is 0 Å². The van der Waals surface area contributed by atoms with E-state index in [1.54, 1.807) is 6.20 Å². The lowest BCUT2D eigenvalue weighted by Crippen LogP contribution is -2.13. The van der Waals surface area contributed by atoms with Crippen LogP contribution in [0.2, 0.25) is 0 Å². The second-order valence-corrected chi connectivity index (χ2v) is 2.76. The average Bonchev–Trinajstić information content (AvgIpc) is 2.06. The SMILES string of the molecule is CC(CN)Cc1cccnn1. The fourth-order valence-corrected chi connectivity index (χ4v) is 0.883. The Morgan fingerprint density at radius 3 is 3.00 bits per heavy atom. The van der Waals surface area contributed by atoms with E-state index in [-0.39, 0.29) is 0 Å². The molecular weight excluding hydrogens is 138 g/mol. The summed E-state index contributed by atoms with van der Waals surface area (Å²) in [7, 11) is 0. The van der Waals surface area contributed by atoms with Crippen molar-refractivity contribution in [2.24, 2.45) is 11.7 Å². The largest absolute Gasteiger partial charge is 0.330 e. The van der Waals surface area contributed by atoms with Crippen LogP contribution < -0.4 is 5.73 Å². The number of aromatic nitrogens is 2.